The molecule has 0 radical (unpaired) electrons. The van der Waals surface area contributed by atoms with Gasteiger partial charge >= 0.3 is 6.03 Å². The zero-order chi connectivity index (χ0) is 14.0. The molecule has 0 spiro atoms. The molecule has 2 rings (SSSR count). The number of nitrogens with zero attached hydrogens (tertiary/aromatic N) is 1. The second-order valence-corrected chi connectivity index (χ2v) is 5.40. The Hall–Kier alpha value is -2.11. The molecule has 1 aliphatic rings. The molecule has 3 N–H and O–H groups in total. The molecule has 0 saturated carbocycles. The normalized spacial score (nSPS) is 20.8. The number of nitrogens with one attached hydrogen (secondary N) is 3. The molecule has 0 bridgehead atoms. The van der Waals surface area contributed by atoms with Gasteiger partial charge in [0.05, 0.1) is 0 Å². The minimum Gasteiger partial charge on any atom is -0.354 e. The Labute approximate surface area is 112 Å². The average molecular weight is 262 g/mol. The van der Waals surface area contributed by atoms with Gasteiger partial charge in [-0.05, 0) is 19.1 Å². The van der Waals surface area contributed by atoms with Crippen molar-refractivity contribution in [2.75, 3.05) is 11.9 Å². The Morgan fingerprint density at radius 1 is 1.47 bits per heavy atom. The van der Waals surface area contributed by atoms with Gasteiger partial charge in [0, 0.05) is 17.7 Å². The van der Waals surface area contributed by atoms with Crippen LogP contribution in [0.3, 0.4) is 0 Å². The van der Waals surface area contributed by atoms with E-state index >= 15 is 0 Å². The van der Waals surface area contributed by atoms with E-state index in [1.165, 1.54) is 0 Å². The molecule has 102 valence electrons. The van der Waals surface area contributed by atoms with Gasteiger partial charge in [-0.15, -0.1) is 0 Å². The summed E-state index contributed by atoms with van der Waals surface area (Å²) in [5.41, 5.74) is 0.519. The van der Waals surface area contributed by atoms with Gasteiger partial charge in [-0.3, -0.25) is 10.1 Å². The highest BCUT2D eigenvalue weighted by molar-refractivity contribution is 5.94. The van der Waals surface area contributed by atoms with Crippen LogP contribution in [0.15, 0.2) is 18.2 Å². The van der Waals surface area contributed by atoms with E-state index in [9.17, 15) is 9.59 Å². The van der Waals surface area contributed by atoms with Crippen LogP contribution in [0.4, 0.5) is 10.6 Å². The van der Waals surface area contributed by atoms with Crippen molar-refractivity contribution in [3.63, 3.8) is 0 Å². The highest BCUT2D eigenvalue weighted by Gasteiger charge is 2.42. The SMILES string of the molecule is Cc1cccc(NC(=O)NC2C(=O)NCC2(C)C)n1. The van der Waals surface area contributed by atoms with E-state index < -0.39 is 12.1 Å². The fourth-order valence-corrected chi connectivity index (χ4v) is 2.03. The molecule has 1 aromatic heterocycles. The first-order chi connectivity index (χ1) is 8.88. The minimum absolute atomic E-state index is 0.155. The number of aryl methyl sites for hydroxylation is 1. The smallest absolute Gasteiger partial charge is 0.321 e. The summed E-state index contributed by atoms with van der Waals surface area (Å²) in [7, 11) is 0. The summed E-state index contributed by atoms with van der Waals surface area (Å²) in [4.78, 5) is 27.7. The number of hydrogen-bond acceptors (Lipinski definition) is 3. The molecule has 1 aromatic rings. The molecule has 6 heteroatoms. The van der Waals surface area contributed by atoms with Crippen LogP contribution in [0.1, 0.15) is 19.5 Å². The van der Waals surface area contributed by atoms with Crippen LogP contribution in [-0.4, -0.2) is 29.5 Å². The van der Waals surface area contributed by atoms with Crippen molar-refractivity contribution in [3.8, 4) is 0 Å². The Kier molecular flexibility index (Phi) is 3.42. The standard InChI is InChI=1S/C13H18N4O2/c1-8-5-4-6-9(15-8)16-12(19)17-10-11(18)14-7-13(10,2)3/h4-6,10H,7H2,1-3H3,(H,14,18)(H2,15,16,17,19). The number of carbonyl (C=O) groups excluding carboxylic acids is 2. The van der Waals surface area contributed by atoms with Crippen molar-refractivity contribution >= 4 is 17.8 Å². The maximum atomic E-state index is 11.9. The topological polar surface area (TPSA) is 83.1 Å². The Morgan fingerprint density at radius 2 is 2.21 bits per heavy atom. The van der Waals surface area contributed by atoms with Crippen molar-refractivity contribution in [1.29, 1.82) is 0 Å². The van der Waals surface area contributed by atoms with Crippen LogP contribution in [0, 0.1) is 12.3 Å². The van der Waals surface area contributed by atoms with Crippen molar-refractivity contribution in [1.82, 2.24) is 15.6 Å². The van der Waals surface area contributed by atoms with Gasteiger partial charge in [-0.1, -0.05) is 19.9 Å². The number of anilines is 1. The van der Waals surface area contributed by atoms with Crippen molar-refractivity contribution in [3.05, 3.63) is 23.9 Å². The summed E-state index contributed by atoms with van der Waals surface area (Å²) >= 11 is 0. The molecule has 1 saturated heterocycles. The minimum atomic E-state index is -0.530. The Bertz CT molecular complexity index is 513. The zero-order valence-corrected chi connectivity index (χ0v) is 11.3. The van der Waals surface area contributed by atoms with Gasteiger partial charge in [0.25, 0.3) is 0 Å². The highest BCUT2D eigenvalue weighted by atomic mass is 16.2. The van der Waals surface area contributed by atoms with Crippen LogP contribution in [-0.2, 0) is 4.79 Å². The Balaban J connectivity index is 2.00. The van der Waals surface area contributed by atoms with Crippen molar-refractivity contribution in [2.45, 2.75) is 26.8 Å². The van der Waals surface area contributed by atoms with E-state index in [1.807, 2.05) is 32.9 Å². The van der Waals surface area contributed by atoms with Crippen molar-refractivity contribution < 1.29 is 9.59 Å². The van der Waals surface area contributed by atoms with Crippen LogP contribution < -0.4 is 16.0 Å². The van der Waals surface area contributed by atoms with E-state index in [-0.39, 0.29) is 11.3 Å². The van der Waals surface area contributed by atoms with E-state index in [0.717, 1.165) is 5.69 Å². The first-order valence-corrected chi connectivity index (χ1v) is 6.17. The lowest BCUT2D eigenvalue weighted by Crippen LogP contribution is -2.48. The van der Waals surface area contributed by atoms with Gasteiger partial charge in [0.15, 0.2) is 0 Å². The lowest BCUT2D eigenvalue weighted by Gasteiger charge is -2.24. The molecule has 0 aromatic carbocycles. The number of urea groups is 1. The molecule has 1 unspecified atom stereocenters. The predicted octanol–water partition coefficient (Wildman–Crippen LogP) is 1.04. The third-order valence-electron chi connectivity index (χ3n) is 3.17. The van der Waals surface area contributed by atoms with E-state index in [2.05, 4.69) is 20.9 Å². The summed E-state index contributed by atoms with van der Waals surface area (Å²) in [6.07, 6.45) is 0. The summed E-state index contributed by atoms with van der Waals surface area (Å²) < 4.78 is 0. The number of pyridine rings is 1. The van der Waals surface area contributed by atoms with Gasteiger partial charge in [0.1, 0.15) is 11.9 Å². The number of amides is 3. The van der Waals surface area contributed by atoms with Crippen LogP contribution in [0.25, 0.3) is 0 Å². The van der Waals surface area contributed by atoms with Crippen LogP contribution in [0.5, 0.6) is 0 Å². The summed E-state index contributed by atoms with van der Waals surface area (Å²) in [5, 5.41) is 8.05. The molecule has 6 nitrogen and oxygen atoms in total. The number of hydrogen-bond donors (Lipinski definition) is 3. The molecular weight excluding hydrogens is 244 g/mol. The highest BCUT2D eigenvalue weighted by Crippen LogP contribution is 2.24. The third-order valence-corrected chi connectivity index (χ3v) is 3.17. The van der Waals surface area contributed by atoms with Crippen LogP contribution >= 0.6 is 0 Å². The molecule has 3 amide bonds. The van der Waals surface area contributed by atoms with Gasteiger partial charge < -0.3 is 10.6 Å². The molecule has 19 heavy (non-hydrogen) atoms. The Morgan fingerprint density at radius 3 is 2.79 bits per heavy atom. The fourth-order valence-electron chi connectivity index (χ4n) is 2.03. The molecule has 1 aliphatic heterocycles. The monoisotopic (exact) mass is 262 g/mol. The zero-order valence-electron chi connectivity index (χ0n) is 11.3. The maximum Gasteiger partial charge on any atom is 0.321 e. The molecule has 1 fully saturated rings. The average Bonchev–Trinajstić information content (AvgIpc) is 2.56. The van der Waals surface area contributed by atoms with E-state index in [1.54, 1.807) is 6.07 Å². The predicted molar refractivity (Wildman–Crippen MR) is 71.7 cm³/mol. The van der Waals surface area contributed by atoms with Gasteiger partial charge in [0.2, 0.25) is 5.91 Å². The maximum absolute atomic E-state index is 11.9. The molecule has 1 atom stereocenters. The number of carbonyl (C=O) groups is 2. The molecular formula is C13H18N4O2. The lowest BCUT2D eigenvalue weighted by atomic mass is 9.87. The lowest BCUT2D eigenvalue weighted by molar-refractivity contribution is -0.121. The second kappa shape index (κ2) is 4.87. The van der Waals surface area contributed by atoms with Crippen LogP contribution in [0.2, 0.25) is 0 Å². The second-order valence-electron chi connectivity index (χ2n) is 5.40. The van der Waals surface area contributed by atoms with Gasteiger partial charge in [-0.2, -0.15) is 0 Å². The number of rotatable bonds is 2. The first kappa shape index (κ1) is 13.3. The van der Waals surface area contributed by atoms with E-state index in [0.29, 0.717) is 12.4 Å². The summed E-state index contributed by atoms with van der Waals surface area (Å²) in [6, 6.07) is 4.40. The summed E-state index contributed by atoms with van der Waals surface area (Å²) in [6.45, 7) is 6.26. The van der Waals surface area contributed by atoms with Gasteiger partial charge in [-0.25, -0.2) is 9.78 Å². The summed E-state index contributed by atoms with van der Waals surface area (Å²) in [5.74, 6) is 0.311. The first-order valence-electron chi connectivity index (χ1n) is 6.17. The molecule has 2 heterocycles. The van der Waals surface area contributed by atoms with Crippen molar-refractivity contribution in [2.24, 2.45) is 5.41 Å². The molecule has 0 aliphatic carbocycles. The third kappa shape index (κ3) is 3.01. The van der Waals surface area contributed by atoms with E-state index in [4.69, 9.17) is 0 Å². The quantitative estimate of drug-likeness (QED) is 0.744. The fraction of sp³-hybridized carbons (Fsp3) is 0.462. The number of aromatic nitrogens is 1. The largest absolute Gasteiger partial charge is 0.354 e.